The van der Waals surface area contributed by atoms with Gasteiger partial charge in [0.1, 0.15) is 0 Å². The lowest BCUT2D eigenvalue weighted by atomic mass is 10.0. The van der Waals surface area contributed by atoms with Gasteiger partial charge in [0.15, 0.2) is 0 Å². The van der Waals surface area contributed by atoms with Crippen molar-refractivity contribution >= 4 is 10.9 Å². The van der Waals surface area contributed by atoms with Gasteiger partial charge in [-0.25, -0.2) is 0 Å². The maximum absolute atomic E-state index is 3.18. The van der Waals surface area contributed by atoms with Crippen molar-refractivity contribution in [2.75, 3.05) is 0 Å². The van der Waals surface area contributed by atoms with Gasteiger partial charge in [0.25, 0.3) is 0 Å². The van der Waals surface area contributed by atoms with Crippen molar-refractivity contribution in [2.24, 2.45) is 0 Å². The number of aromatic amines is 1. The molecule has 1 radical (unpaired) electrons. The molecule has 3 aromatic rings. The molecule has 0 atom stereocenters. The van der Waals surface area contributed by atoms with E-state index in [1.54, 1.807) is 0 Å². The molecule has 0 aliphatic carbocycles. The number of para-hydroxylation sites is 1. The van der Waals surface area contributed by atoms with E-state index in [4.69, 9.17) is 0 Å². The molecule has 0 amide bonds. The lowest BCUT2D eigenvalue weighted by Crippen LogP contribution is -1.88. The van der Waals surface area contributed by atoms with E-state index in [9.17, 15) is 0 Å². The molecular formula is C15H12N. The number of nitrogens with one attached hydrogen (secondary N) is 1. The molecule has 0 aliphatic heterocycles. The van der Waals surface area contributed by atoms with Gasteiger partial charge in [0.05, 0.1) is 6.20 Å². The zero-order chi connectivity index (χ0) is 10.8. The Balaban J connectivity index is 2.04. The van der Waals surface area contributed by atoms with Crippen molar-refractivity contribution in [1.29, 1.82) is 0 Å². The van der Waals surface area contributed by atoms with Crippen molar-refractivity contribution in [1.82, 2.24) is 4.98 Å². The molecule has 0 saturated heterocycles. The third-order valence-corrected chi connectivity index (χ3v) is 2.85. The van der Waals surface area contributed by atoms with Gasteiger partial charge in [0, 0.05) is 10.9 Å². The zero-order valence-electron chi connectivity index (χ0n) is 8.90. The van der Waals surface area contributed by atoms with Crippen LogP contribution in [0.1, 0.15) is 11.1 Å². The third kappa shape index (κ3) is 1.61. The van der Waals surface area contributed by atoms with Crippen LogP contribution in [-0.4, -0.2) is 4.98 Å². The van der Waals surface area contributed by atoms with Gasteiger partial charge >= 0.3 is 0 Å². The van der Waals surface area contributed by atoms with Crippen molar-refractivity contribution < 1.29 is 0 Å². The van der Waals surface area contributed by atoms with Gasteiger partial charge in [-0.05, 0) is 23.6 Å². The second-order valence-corrected chi connectivity index (χ2v) is 3.96. The number of benzene rings is 2. The fourth-order valence-corrected chi connectivity index (χ4v) is 2.04. The van der Waals surface area contributed by atoms with E-state index in [-0.39, 0.29) is 0 Å². The molecule has 1 aromatic heterocycles. The van der Waals surface area contributed by atoms with E-state index >= 15 is 0 Å². The molecule has 0 spiro atoms. The number of hydrogen-bond donors (Lipinski definition) is 1. The first-order valence-electron chi connectivity index (χ1n) is 5.44. The quantitative estimate of drug-likeness (QED) is 0.660. The monoisotopic (exact) mass is 206 g/mol. The molecule has 1 heterocycles. The van der Waals surface area contributed by atoms with Crippen LogP contribution in [0.25, 0.3) is 10.9 Å². The largest absolute Gasteiger partial charge is 0.353 e. The Morgan fingerprint density at radius 2 is 1.81 bits per heavy atom. The Kier molecular flexibility index (Phi) is 2.22. The molecule has 16 heavy (non-hydrogen) atoms. The highest BCUT2D eigenvalue weighted by Gasteiger charge is 2.02. The van der Waals surface area contributed by atoms with Gasteiger partial charge in [-0.1, -0.05) is 48.5 Å². The zero-order valence-corrected chi connectivity index (χ0v) is 8.90. The second kappa shape index (κ2) is 3.86. The summed E-state index contributed by atoms with van der Waals surface area (Å²) in [6, 6.07) is 18.9. The molecule has 3 rings (SSSR count). The van der Waals surface area contributed by atoms with Crippen LogP contribution in [-0.2, 0) is 6.42 Å². The van der Waals surface area contributed by atoms with Crippen LogP contribution in [0.2, 0.25) is 0 Å². The minimum atomic E-state index is 0.965. The molecule has 1 heteroatoms. The summed E-state index contributed by atoms with van der Waals surface area (Å²) in [5, 5.41) is 1.23. The topological polar surface area (TPSA) is 15.8 Å². The van der Waals surface area contributed by atoms with Gasteiger partial charge in [-0.2, -0.15) is 0 Å². The maximum atomic E-state index is 3.18. The first-order valence-corrected chi connectivity index (χ1v) is 5.44. The summed E-state index contributed by atoms with van der Waals surface area (Å²) in [7, 11) is 0. The standard InChI is InChI=1S/C15H12N/c1-2-5-12(6-3-1)11-14-8-4-7-13-9-10-16-15(13)14/h1-9,16H,11H2. The van der Waals surface area contributed by atoms with E-state index in [2.05, 4.69) is 53.6 Å². The Labute approximate surface area is 94.7 Å². The maximum Gasteiger partial charge on any atom is 0.0630 e. The number of H-pyrrole nitrogens is 1. The van der Waals surface area contributed by atoms with Crippen LogP contribution in [0.15, 0.2) is 54.6 Å². The average molecular weight is 206 g/mol. The lowest BCUT2D eigenvalue weighted by Gasteiger charge is -2.03. The Hall–Kier alpha value is -2.02. The van der Waals surface area contributed by atoms with Gasteiger partial charge in [0.2, 0.25) is 0 Å². The minimum Gasteiger partial charge on any atom is -0.353 e. The Bertz CT molecular complexity index is 593. The van der Waals surface area contributed by atoms with Crippen LogP contribution in [0, 0.1) is 6.20 Å². The van der Waals surface area contributed by atoms with Crippen molar-refractivity contribution in [3.8, 4) is 0 Å². The molecule has 1 nitrogen and oxygen atoms in total. The molecule has 77 valence electrons. The van der Waals surface area contributed by atoms with E-state index < -0.39 is 0 Å². The first kappa shape index (κ1) is 9.22. The van der Waals surface area contributed by atoms with Gasteiger partial charge < -0.3 is 4.98 Å². The van der Waals surface area contributed by atoms with Crippen LogP contribution in [0.3, 0.4) is 0 Å². The first-order chi connectivity index (χ1) is 7.93. The molecule has 0 unspecified atom stereocenters. The van der Waals surface area contributed by atoms with Crippen LogP contribution in [0.4, 0.5) is 0 Å². The van der Waals surface area contributed by atoms with Crippen LogP contribution >= 0.6 is 0 Å². The molecule has 0 fully saturated rings. The van der Waals surface area contributed by atoms with Gasteiger partial charge in [-0.15, -0.1) is 0 Å². The van der Waals surface area contributed by atoms with E-state index in [1.807, 2.05) is 12.1 Å². The summed E-state index contributed by atoms with van der Waals surface area (Å²) in [6.07, 6.45) is 4.00. The fraction of sp³-hybridized carbons (Fsp3) is 0.0667. The summed E-state index contributed by atoms with van der Waals surface area (Å²) in [5.74, 6) is 0. The molecule has 0 aliphatic rings. The van der Waals surface area contributed by atoms with E-state index in [0.29, 0.717) is 0 Å². The number of fused-ring (bicyclic) bond motifs is 1. The highest BCUT2D eigenvalue weighted by molar-refractivity contribution is 5.82. The number of hydrogen-bond acceptors (Lipinski definition) is 0. The van der Waals surface area contributed by atoms with E-state index in [1.165, 1.54) is 22.0 Å². The van der Waals surface area contributed by atoms with Gasteiger partial charge in [-0.3, -0.25) is 0 Å². The molecule has 0 saturated carbocycles. The second-order valence-electron chi connectivity index (χ2n) is 3.96. The lowest BCUT2D eigenvalue weighted by molar-refractivity contribution is 1.20. The smallest absolute Gasteiger partial charge is 0.0630 e. The number of aromatic nitrogens is 1. The highest BCUT2D eigenvalue weighted by atomic mass is 14.7. The summed E-state index contributed by atoms with van der Waals surface area (Å²) in [4.78, 5) is 3.18. The fourth-order valence-electron chi connectivity index (χ4n) is 2.04. The molecule has 2 aromatic carbocycles. The molecular weight excluding hydrogens is 194 g/mol. The number of rotatable bonds is 2. The normalized spacial score (nSPS) is 10.8. The summed E-state index contributed by atoms with van der Waals surface area (Å²) >= 11 is 0. The third-order valence-electron chi connectivity index (χ3n) is 2.85. The van der Waals surface area contributed by atoms with Crippen molar-refractivity contribution in [2.45, 2.75) is 6.42 Å². The highest BCUT2D eigenvalue weighted by Crippen LogP contribution is 2.19. The van der Waals surface area contributed by atoms with Crippen LogP contribution in [0.5, 0.6) is 0 Å². The predicted molar refractivity (Wildman–Crippen MR) is 66.4 cm³/mol. The molecule has 0 bridgehead atoms. The minimum absolute atomic E-state index is 0.965. The Morgan fingerprint density at radius 3 is 2.69 bits per heavy atom. The predicted octanol–water partition coefficient (Wildman–Crippen LogP) is 3.56. The average Bonchev–Trinajstić information content (AvgIpc) is 2.80. The van der Waals surface area contributed by atoms with Crippen molar-refractivity contribution in [3.63, 3.8) is 0 Å². The van der Waals surface area contributed by atoms with E-state index in [0.717, 1.165) is 6.42 Å². The van der Waals surface area contributed by atoms with Crippen LogP contribution < -0.4 is 0 Å². The summed E-state index contributed by atoms with van der Waals surface area (Å²) < 4.78 is 0. The summed E-state index contributed by atoms with van der Waals surface area (Å²) in [6.45, 7) is 0. The SMILES string of the molecule is [c]1cc2cccc(Cc3ccccc3)c2[nH]1. The van der Waals surface area contributed by atoms with Crippen molar-refractivity contribution in [3.05, 3.63) is 71.9 Å². The molecule has 1 N–H and O–H groups in total. The summed E-state index contributed by atoms with van der Waals surface area (Å²) in [5.41, 5.74) is 3.86. The Morgan fingerprint density at radius 1 is 0.938 bits per heavy atom.